The molecule has 190 valence electrons. The van der Waals surface area contributed by atoms with Gasteiger partial charge in [-0.15, -0.1) is 0 Å². The average Bonchev–Trinajstić information content (AvgIpc) is 2.95. The van der Waals surface area contributed by atoms with Gasteiger partial charge in [0.2, 0.25) is 0 Å². The number of halogens is 2. The summed E-state index contributed by atoms with van der Waals surface area (Å²) >= 11 is 7.20. The molecule has 1 fully saturated rings. The monoisotopic (exact) mass is 629 g/mol. The second-order valence-electron chi connectivity index (χ2n) is 9.07. The highest BCUT2D eigenvalue weighted by Gasteiger charge is 2.24. The van der Waals surface area contributed by atoms with Crippen LogP contribution in [0, 0.1) is 11.3 Å². The van der Waals surface area contributed by atoms with Crippen LogP contribution in [0.5, 0.6) is 5.75 Å². The molecular formula is C31H25Br2N3O2. The first-order valence-electron chi connectivity index (χ1n) is 12.3. The smallest absolute Gasteiger partial charge is 0.264 e. The number of anilines is 1. The Bertz CT molecular complexity index is 1520. The van der Waals surface area contributed by atoms with Crippen molar-refractivity contribution in [3.63, 3.8) is 0 Å². The second-order valence-corrected chi connectivity index (χ2v) is 10.8. The van der Waals surface area contributed by atoms with E-state index in [1.165, 1.54) is 10.8 Å². The molecule has 0 saturated carbocycles. The molecule has 1 aliphatic heterocycles. The van der Waals surface area contributed by atoms with Crippen molar-refractivity contribution in [2.75, 3.05) is 31.1 Å². The van der Waals surface area contributed by atoms with E-state index in [-0.39, 0.29) is 11.5 Å². The van der Waals surface area contributed by atoms with Gasteiger partial charge in [0.25, 0.3) is 5.91 Å². The molecule has 0 spiro atoms. The van der Waals surface area contributed by atoms with Crippen molar-refractivity contribution in [1.82, 2.24) is 4.90 Å². The van der Waals surface area contributed by atoms with E-state index >= 15 is 0 Å². The number of hydrogen-bond donors (Lipinski definition) is 0. The van der Waals surface area contributed by atoms with Crippen LogP contribution < -0.4 is 9.64 Å². The van der Waals surface area contributed by atoms with E-state index < -0.39 is 0 Å². The normalized spacial score (nSPS) is 13.9. The van der Waals surface area contributed by atoms with Crippen molar-refractivity contribution in [1.29, 1.82) is 5.26 Å². The van der Waals surface area contributed by atoms with Gasteiger partial charge < -0.3 is 14.5 Å². The summed E-state index contributed by atoms with van der Waals surface area (Å²) in [6.07, 6.45) is 1.63. The van der Waals surface area contributed by atoms with Gasteiger partial charge in [-0.05, 0) is 90.2 Å². The zero-order valence-corrected chi connectivity index (χ0v) is 23.8. The summed E-state index contributed by atoms with van der Waals surface area (Å²) < 4.78 is 7.59. The zero-order valence-electron chi connectivity index (χ0n) is 20.6. The number of hydrogen-bond acceptors (Lipinski definition) is 4. The number of para-hydroxylation sites is 1. The van der Waals surface area contributed by atoms with E-state index in [0.717, 1.165) is 38.8 Å². The van der Waals surface area contributed by atoms with Gasteiger partial charge in [0.05, 0.1) is 8.95 Å². The number of amides is 1. The summed E-state index contributed by atoms with van der Waals surface area (Å²) in [5.41, 5.74) is 3.06. The fourth-order valence-electron chi connectivity index (χ4n) is 4.57. The summed E-state index contributed by atoms with van der Waals surface area (Å²) in [5.74, 6) is 0.418. The molecule has 0 unspecified atom stereocenters. The number of carbonyl (C=O) groups excluding carboxylic acids is 1. The number of carbonyl (C=O) groups is 1. The molecule has 0 aliphatic carbocycles. The van der Waals surface area contributed by atoms with Gasteiger partial charge >= 0.3 is 0 Å². The molecule has 5 nitrogen and oxygen atoms in total. The van der Waals surface area contributed by atoms with Crippen molar-refractivity contribution in [2.24, 2.45) is 0 Å². The lowest BCUT2D eigenvalue weighted by Gasteiger charge is -2.36. The molecule has 1 amide bonds. The molecule has 4 aromatic carbocycles. The van der Waals surface area contributed by atoms with Crippen LogP contribution in [-0.4, -0.2) is 37.0 Å². The molecule has 5 rings (SSSR count). The first-order valence-corrected chi connectivity index (χ1v) is 13.9. The van der Waals surface area contributed by atoms with E-state index in [2.05, 4.69) is 85.3 Å². The van der Waals surface area contributed by atoms with E-state index in [9.17, 15) is 10.1 Å². The number of benzene rings is 4. The van der Waals surface area contributed by atoms with Crippen LogP contribution in [0.1, 0.15) is 11.1 Å². The van der Waals surface area contributed by atoms with Gasteiger partial charge in [-0.25, -0.2) is 0 Å². The van der Waals surface area contributed by atoms with Gasteiger partial charge in [0.1, 0.15) is 24.0 Å². The largest absolute Gasteiger partial charge is 0.487 e. The maximum absolute atomic E-state index is 13.1. The second kappa shape index (κ2) is 11.8. The molecular weight excluding hydrogens is 606 g/mol. The molecule has 1 heterocycles. The van der Waals surface area contributed by atoms with Crippen LogP contribution in [0.4, 0.5) is 5.69 Å². The molecule has 0 atom stereocenters. The van der Waals surface area contributed by atoms with E-state index in [1.54, 1.807) is 11.0 Å². The highest BCUT2D eigenvalue weighted by Crippen LogP contribution is 2.36. The quantitative estimate of drug-likeness (QED) is 0.167. The predicted molar refractivity (Wildman–Crippen MR) is 159 cm³/mol. The lowest BCUT2D eigenvalue weighted by molar-refractivity contribution is -0.126. The third kappa shape index (κ3) is 5.93. The maximum atomic E-state index is 13.1. The number of rotatable bonds is 6. The molecule has 0 aromatic heterocycles. The van der Waals surface area contributed by atoms with Crippen LogP contribution in [0.25, 0.3) is 16.8 Å². The van der Waals surface area contributed by atoms with Gasteiger partial charge in [-0.3, -0.25) is 4.79 Å². The molecule has 1 saturated heterocycles. The highest BCUT2D eigenvalue weighted by molar-refractivity contribution is 9.11. The fourth-order valence-corrected chi connectivity index (χ4v) is 6.02. The maximum Gasteiger partial charge on any atom is 0.264 e. The highest BCUT2D eigenvalue weighted by atomic mass is 79.9. The number of nitrogens with zero attached hydrogens (tertiary/aromatic N) is 3. The Labute approximate surface area is 239 Å². The minimum Gasteiger partial charge on any atom is -0.487 e. The van der Waals surface area contributed by atoms with Crippen LogP contribution in [0.2, 0.25) is 0 Å². The molecule has 0 bridgehead atoms. The van der Waals surface area contributed by atoms with Crippen molar-refractivity contribution in [2.45, 2.75) is 6.61 Å². The number of nitriles is 1. The van der Waals surface area contributed by atoms with Crippen molar-refractivity contribution < 1.29 is 9.53 Å². The third-order valence-electron chi connectivity index (χ3n) is 6.57. The zero-order chi connectivity index (χ0) is 26.5. The van der Waals surface area contributed by atoms with E-state index in [1.807, 2.05) is 42.5 Å². The average molecular weight is 631 g/mol. The van der Waals surface area contributed by atoms with Gasteiger partial charge in [-0.1, -0.05) is 54.6 Å². The minimum atomic E-state index is -0.246. The Balaban J connectivity index is 1.26. The number of piperazine rings is 1. The molecule has 1 aliphatic rings. The van der Waals surface area contributed by atoms with Crippen molar-refractivity contribution >= 4 is 60.3 Å². The summed E-state index contributed by atoms with van der Waals surface area (Å²) in [4.78, 5) is 17.1. The number of ether oxygens (including phenoxy) is 1. The minimum absolute atomic E-state index is 0.113. The van der Waals surface area contributed by atoms with Crippen LogP contribution in [-0.2, 0) is 11.4 Å². The Morgan fingerprint density at radius 2 is 1.53 bits per heavy atom. The van der Waals surface area contributed by atoms with E-state index in [0.29, 0.717) is 25.4 Å². The molecule has 7 heteroatoms. The molecule has 4 aromatic rings. The summed E-state index contributed by atoms with van der Waals surface area (Å²) in [5, 5.41) is 12.1. The topological polar surface area (TPSA) is 56.6 Å². The van der Waals surface area contributed by atoms with Gasteiger partial charge in [0, 0.05) is 31.9 Å². The van der Waals surface area contributed by atoms with Gasteiger partial charge in [0.15, 0.2) is 0 Å². The van der Waals surface area contributed by atoms with Crippen molar-refractivity contribution in [3.8, 4) is 11.8 Å². The Morgan fingerprint density at radius 3 is 2.21 bits per heavy atom. The first-order chi connectivity index (χ1) is 18.5. The lowest BCUT2D eigenvalue weighted by Crippen LogP contribution is -2.49. The van der Waals surface area contributed by atoms with Crippen LogP contribution >= 0.6 is 31.9 Å². The van der Waals surface area contributed by atoms with Crippen LogP contribution in [0.15, 0.2) is 99.4 Å². The SMILES string of the molecule is N#C/C(=C/c1cc(Br)c(OCc2ccc3ccccc3c2)c(Br)c1)C(=O)N1CCN(c2ccccc2)CC1. The standard InChI is InChI=1S/C31H25Br2N3O2/c32-28-18-23(19-29(33)30(28)38-21-22-10-11-24-6-4-5-7-25(24)16-22)17-26(20-34)31(37)36-14-12-35(13-15-36)27-8-2-1-3-9-27/h1-11,16-19H,12-15,21H2/b26-17-. The molecule has 0 radical (unpaired) electrons. The predicted octanol–water partition coefficient (Wildman–Crippen LogP) is 7.20. The molecule has 0 N–H and O–H groups in total. The number of fused-ring (bicyclic) bond motifs is 1. The Hall–Kier alpha value is -3.60. The fraction of sp³-hybridized carbons (Fsp3) is 0.161. The first kappa shape index (κ1) is 26.0. The Morgan fingerprint density at radius 1 is 0.868 bits per heavy atom. The van der Waals surface area contributed by atoms with E-state index in [4.69, 9.17) is 4.74 Å². The molecule has 38 heavy (non-hydrogen) atoms. The summed E-state index contributed by atoms with van der Waals surface area (Å²) in [6.45, 7) is 3.01. The summed E-state index contributed by atoms with van der Waals surface area (Å²) in [7, 11) is 0. The van der Waals surface area contributed by atoms with Gasteiger partial charge in [-0.2, -0.15) is 5.26 Å². The summed E-state index contributed by atoms with van der Waals surface area (Å²) in [6, 6.07) is 30.5. The lowest BCUT2D eigenvalue weighted by atomic mass is 10.1. The van der Waals surface area contributed by atoms with Crippen LogP contribution in [0.3, 0.4) is 0 Å². The third-order valence-corrected chi connectivity index (χ3v) is 7.75. The van der Waals surface area contributed by atoms with Crippen molar-refractivity contribution in [3.05, 3.63) is 111 Å². The Kier molecular flexibility index (Phi) is 8.11.